The van der Waals surface area contributed by atoms with Crippen molar-refractivity contribution >= 4 is 11.9 Å². The van der Waals surface area contributed by atoms with Crippen LogP contribution in [0.4, 0.5) is 0 Å². The summed E-state index contributed by atoms with van der Waals surface area (Å²) in [6.07, 6.45) is 9.01. The van der Waals surface area contributed by atoms with Crippen LogP contribution in [0.25, 0.3) is 0 Å². The van der Waals surface area contributed by atoms with Gasteiger partial charge in [-0.2, -0.15) is 0 Å². The zero-order valence-corrected chi connectivity index (χ0v) is 15.0. The third-order valence-electron chi connectivity index (χ3n) is 4.48. The summed E-state index contributed by atoms with van der Waals surface area (Å²) in [6, 6.07) is 0. The van der Waals surface area contributed by atoms with Crippen LogP contribution in [0.15, 0.2) is 0 Å². The number of aliphatic hydroxyl groups excluding tert-OH is 2. The van der Waals surface area contributed by atoms with Crippen LogP contribution in [0, 0.1) is 5.41 Å². The number of rotatable bonds is 16. The van der Waals surface area contributed by atoms with E-state index in [1.54, 1.807) is 0 Å². The molecule has 0 unspecified atom stereocenters. The van der Waals surface area contributed by atoms with Crippen LogP contribution in [0.1, 0.15) is 77.6 Å². The Bertz CT molecular complexity index is 330. The van der Waals surface area contributed by atoms with Crippen LogP contribution in [0.5, 0.6) is 0 Å². The fourth-order valence-electron chi connectivity index (χ4n) is 2.38. The van der Waals surface area contributed by atoms with Gasteiger partial charge < -0.3 is 20.1 Å². The van der Waals surface area contributed by atoms with Gasteiger partial charge in [0.2, 0.25) is 0 Å². The summed E-state index contributed by atoms with van der Waals surface area (Å²) in [5, 5.41) is 27.1. The van der Waals surface area contributed by atoms with E-state index in [1.807, 2.05) is 6.92 Å². The van der Waals surface area contributed by atoms with Crippen molar-refractivity contribution in [3.63, 3.8) is 0 Å². The molecule has 0 aliphatic rings. The third-order valence-corrected chi connectivity index (χ3v) is 4.48. The molecule has 0 aliphatic carbocycles. The van der Waals surface area contributed by atoms with E-state index >= 15 is 0 Å². The molecule has 0 fully saturated rings. The second kappa shape index (κ2) is 14.2. The molecule has 6 heteroatoms. The van der Waals surface area contributed by atoms with Crippen molar-refractivity contribution in [2.75, 3.05) is 19.8 Å². The lowest BCUT2D eigenvalue weighted by Crippen LogP contribution is -2.35. The predicted molar refractivity (Wildman–Crippen MR) is 91.7 cm³/mol. The van der Waals surface area contributed by atoms with Gasteiger partial charge in [-0.1, -0.05) is 45.4 Å². The van der Waals surface area contributed by atoms with Gasteiger partial charge in [-0.05, 0) is 19.3 Å². The zero-order valence-electron chi connectivity index (χ0n) is 15.0. The van der Waals surface area contributed by atoms with Gasteiger partial charge in [0.1, 0.15) is 6.61 Å². The fraction of sp³-hybridized carbons (Fsp3) is 0.889. The molecule has 0 aliphatic heterocycles. The molecule has 0 radical (unpaired) electrons. The largest absolute Gasteiger partial charge is 0.481 e. The number of hydrogen-bond donors (Lipinski definition) is 3. The summed E-state index contributed by atoms with van der Waals surface area (Å²) in [6.45, 7) is 1.52. The molecule has 0 amide bonds. The van der Waals surface area contributed by atoms with E-state index in [0.29, 0.717) is 12.8 Å². The van der Waals surface area contributed by atoms with E-state index in [1.165, 1.54) is 0 Å². The first-order chi connectivity index (χ1) is 11.5. The summed E-state index contributed by atoms with van der Waals surface area (Å²) >= 11 is 0. The second-order valence-corrected chi connectivity index (χ2v) is 6.55. The molecule has 0 aromatic heterocycles. The van der Waals surface area contributed by atoms with Crippen LogP contribution >= 0.6 is 0 Å². The van der Waals surface area contributed by atoms with Gasteiger partial charge in [0, 0.05) is 12.8 Å². The number of ether oxygens (including phenoxy) is 1. The van der Waals surface area contributed by atoms with Crippen LogP contribution in [0.3, 0.4) is 0 Å². The highest BCUT2D eigenvalue weighted by atomic mass is 16.5. The van der Waals surface area contributed by atoms with E-state index in [-0.39, 0.29) is 32.2 Å². The Labute approximate surface area is 145 Å². The molecule has 0 bridgehead atoms. The Hall–Kier alpha value is -1.14. The summed E-state index contributed by atoms with van der Waals surface area (Å²) in [4.78, 5) is 22.0. The number of carboxylic acid groups (broad SMARTS) is 1. The number of hydrogen-bond acceptors (Lipinski definition) is 5. The normalized spacial score (nSPS) is 11.5. The highest BCUT2D eigenvalue weighted by molar-refractivity contribution is 5.69. The number of carbonyl (C=O) groups excluding carboxylic acids is 1. The molecule has 0 heterocycles. The lowest BCUT2D eigenvalue weighted by atomic mass is 9.88. The Kier molecular flexibility index (Phi) is 13.5. The maximum Gasteiger partial charge on any atom is 0.305 e. The van der Waals surface area contributed by atoms with Gasteiger partial charge in [-0.25, -0.2) is 0 Å². The molecule has 0 rings (SSSR count). The molecule has 0 saturated carbocycles. The van der Waals surface area contributed by atoms with Crippen molar-refractivity contribution in [2.24, 2.45) is 5.41 Å². The SMILES string of the molecule is CCC(CO)(CO)COC(=O)CCCCCCCCCCC(=O)O. The number of esters is 1. The number of aliphatic carboxylic acids is 1. The Morgan fingerprint density at radius 2 is 1.29 bits per heavy atom. The topological polar surface area (TPSA) is 104 Å². The third kappa shape index (κ3) is 11.4. The highest BCUT2D eigenvalue weighted by Gasteiger charge is 2.28. The number of carboxylic acids is 1. The van der Waals surface area contributed by atoms with Crippen LogP contribution in [0.2, 0.25) is 0 Å². The minimum atomic E-state index is -0.726. The number of carbonyl (C=O) groups is 2. The van der Waals surface area contributed by atoms with Gasteiger partial charge in [0.15, 0.2) is 0 Å². The van der Waals surface area contributed by atoms with Crippen molar-refractivity contribution in [3.8, 4) is 0 Å². The monoisotopic (exact) mass is 346 g/mol. The molecule has 3 N–H and O–H groups in total. The molecular formula is C18H34O6. The Morgan fingerprint density at radius 3 is 1.71 bits per heavy atom. The predicted octanol–water partition coefficient (Wildman–Crippen LogP) is 2.90. The summed E-state index contributed by atoms with van der Waals surface area (Å²) in [7, 11) is 0. The molecule has 142 valence electrons. The van der Waals surface area contributed by atoms with E-state index < -0.39 is 11.4 Å². The van der Waals surface area contributed by atoms with E-state index in [9.17, 15) is 19.8 Å². The molecule has 6 nitrogen and oxygen atoms in total. The average Bonchev–Trinajstić information content (AvgIpc) is 2.58. The molecule has 24 heavy (non-hydrogen) atoms. The Balaban J connectivity index is 3.51. The summed E-state index contributed by atoms with van der Waals surface area (Å²) < 4.78 is 5.16. The molecule has 0 saturated heterocycles. The number of aliphatic hydroxyl groups is 2. The van der Waals surface area contributed by atoms with E-state index in [0.717, 1.165) is 51.4 Å². The van der Waals surface area contributed by atoms with E-state index in [4.69, 9.17) is 9.84 Å². The average molecular weight is 346 g/mol. The standard InChI is InChI=1S/C18H34O6/c1-2-18(13-19,14-20)15-24-17(23)12-10-8-6-4-3-5-7-9-11-16(21)22/h19-20H,2-15H2,1H3,(H,21,22). The van der Waals surface area contributed by atoms with Gasteiger partial charge in [0.25, 0.3) is 0 Å². The summed E-state index contributed by atoms with van der Waals surface area (Å²) in [5.41, 5.74) is -0.726. The maximum absolute atomic E-state index is 11.7. The van der Waals surface area contributed by atoms with E-state index in [2.05, 4.69) is 0 Å². The maximum atomic E-state index is 11.7. The van der Waals surface area contributed by atoms with Crippen molar-refractivity contribution in [3.05, 3.63) is 0 Å². The molecule has 0 spiro atoms. The smallest absolute Gasteiger partial charge is 0.305 e. The number of unbranched alkanes of at least 4 members (excludes halogenated alkanes) is 7. The first kappa shape index (κ1) is 22.9. The highest BCUT2D eigenvalue weighted by Crippen LogP contribution is 2.21. The Morgan fingerprint density at radius 1 is 0.833 bits per heavy atom. The first-order valence-corrected chi connectivity index (χ1v) is 9.09. The van der Waals surface area contributed by atoms with Crippen molar-refractivity contribution < 1.29 is 29.6 Å². The van der Waals surface area contributed by atoms with Crippen LogP contribution in [-0.2, 0) is 14.3 Å². The van der Waals surface area contributed by atoms with Crippen LogP contribution < -0.4 is 0 Å². The minimum absolute atomic E-state index is 0.0612. The lowest BCUT2D eigenvalue weighted by Gasteiger charge is -2.27. The quantitative estimate of drug-likeness (QED) is 0.293. The molecular weight excluding hydrogens is 312 g/mol. The van der Waals surface area contributed by atoms with Crippen molar-refractivity contribution in [2.45, 2.75) is 77.6 Å². The van der Waals surface area contributed by atoms with Crippen molar-refractivity contribution in [1.82, 2.24) is 0 Å². The lowest BCUT2D eigenvalue weighted by molar-refractivity contribution is -0.150. The summed E-state index contributed by atoms with van der Waals surface area (Å²) in [5.74, 6) is -1.00. The van der Waals surface area contributed by atoms with Crippen LogP contribution in [-0.4, -0.2) is 47.1 Å². The van der Waals surface area contributed by atoms with Gasteiger partial charge in [-0.3, -0.25) is 9.59 Å². The minimum Gasteiger partial charge on any atom is -0.481 e. The zero-order chi connectivity index (χ0) is 18.3. The molecule has 0 aromatic carbocycles. The van der Waals surface area contributed by atoms with Gasteiger partial charge >= 0.3 is 11.9 Å². The van der Waals surface area contributed by atoms with Gasteiger partial charge in [-0.15, -0.1) is 0 Å². The molecule has 0 aromatic rings. The first-order valence-electron chi connectivity index (χ1n) is 9.09. The fourth-order valence-corrected chi connectivity index (χ4v) is 2.38. The van der Waals surface area contributed by atoms with Crippen molar-refractivity contribution in [1.29, 1.82) is 0 Å². The molecule has 0 atom stereocenters. The second-order valence-electron chi connectivity index (χ2n) is 6.55. The van der Waals surface area contributed by atoms with Gasteiger partial charge in [0.05, 0.1) is 18.6 Å².